The Hall–Kier alpha value is -3.07. The van der Waals surface area contributed by atoms with Crippen LogP contribution < -0.4 is 21.7 Å². The molecule has 302 valence electrons. The SMILES string of the molecule is CCCCc1nc2c([nH]1)c(N)nc1ccc(N3CCN(CCOCCOCCOCCOCCC(=O)NCC4CCCCCCCCC(N)C4)CC3)cc12. The number of amides is 1. The topological polar surface area (TPSA) is 166 Å². The van der Waals surface area contributed by atoms with E-state index in [1.165, 1.54) is 44.2 Å². The number of H-pyrrole nitrogens is 1. The van der Waals surface area contributed by atoms with Crippen LogP contribution in [-0.2, 0) is 30.2 Å². The smallest absolute Gasteiger partial charge is 0.222 e. The lowest BCUT2D eigenvalue weighted by molar-refractivity contribution is -0.122. The first-order valence-electron chi connectivity index (χ1n) is 20.9. The number of rotatable bonds is 21. The molecule has 0 bridgehead atoms. The molecular weight excluding hydrogens is 685 g/mol. The molecule has 1 saturated heterocycles. The molecule has 2 atom stereocenters. The first-order chi connectivity index (χ1) is 26.5. The van der Waals surface area contributed by atoms with Crippen LogP contribution in [0.5, 0.6) is 0 Å². The van der Waals surface area contributed by atoms with Crippen molar-refractivity contribution in [2.45, 2.75) is 96.4 Å². The van der Waals surface area contributed by atoms with Crippen LogP contribution in [0.25, 0.3) is 21.9 Å². The summed E-state index contributed by atoms with van der Waals surface area (Å²) >= 11 is 0. The van der Waals surface area contributed by atoms with Crippen LogP contribution in [0.15, 0.2) is 18.2 Å². The van der Waals surface area contributed by atoms with Gasteiger partial charge in [-0.3, -0.25) is 9.69 Å². The lowest BCUT2D eigenvalue weighted by Gasteiger charge is -2.36. The number of aromatic nitrogens is 3. The fraction of sp³-hybridized carbons (Fsp3) is 0.732. The van der Waals surface area contributed by atoms with Gasteiger partial charge in [-0.1, -0.05) is 51.9 Å². The molecule has 2 fully saturated rings. The number of pyridine rings is 1. The Balaban J connectivity index is 0.839. The number of hydrogen-bond acceptors (Lipinski definition) is 11. The fourth-order valence-electron chi connectivity index (χ4n) is 7.55. The number of carbonyl (C=O) groups excluding carboxylic acids is 1. The normalized spacial score (nSPS) is 19.3. The predicted molar refractivity (Wildman–Crippen MR) is 217 cm³/mol. The summed E-state index contributed by atoms with van der Waals surface area (Å²) in [6.45, 7) is 11.9. The van der Waals surface area contributed by atoms with Gasteiger partial charge in [0.15, 0.2) is 0 Å². The van der Waals surface area contributed by atoms with Crippen LogP contribution >= 0.6 is 0 Å². The van der Waals surface area contributed by atoms with Crippen molar-refractivity contribution in [3.8, 4) is 0 Å². The Morgan fingerprint density at radius 1 is 0.870 bits per heavy atom. The van der Waals surface area contributed by atoms with Crippen LogP contribution in [0.3, 0.4) is 0 Å². The maximum absolute atomic E-state index is 12.3. The fourth-order valence-corrected chi connectivity index (χ4v) is 7.55. The number of nitrogens with zero attached hydrogens (tertiary/aromatic N) is 4. The number of nitrogens with one attached hydrogen (secondary N) is 2. The molecule has 0 radical (unpaired) electrons. The summed E-state index contributed by atoms with van der Waals surface area (Å²) in [4.78, 5) is 30.2. The minimum Gasteiger partial charge on any atom is -0.382 e. The molecule has 2 aromatic heterocycles. The third kappa shape index (κ3) is 14.2. The number of ether oxygens (including phenoxy) is 4. The molecule has 1 aliphatic carbocycles. The van der Waals surface area contributed by atoms with E-state index < -0.39 is 0 Å². The maximum Gasteiger partial charge on any atom is 0.222 e. The minimum absolute atomic E-state index is 0.0478. The molecule has 3 heterocycles. The molecule has 2 aliphatic rings. The van der Waals surface area contributed by atoms with E-state index in [1.54, 1.807) is 0 Å². The number of piperazine rings is 1. The monoisotopic (exact) mass is 753 g/mol. The van der Waals surface area contributed by atoms with Gasteiger partial charge in [0.25, 0.3) is 0 Å². The van der Waals surface area contributed by atoms with Gasteiger partial charge in [0.2, 0.25) is 5.91 Å². The van der Waals surface area contributed by atoms with E-state index in [1.807, 2.05) is 0 Å². The van der Waals surface area contributed by atoms with Gasteiger partial charge in [0.1, 0.15) is 22.7 Å². The Bertz CT molecular complexity index is 1510. The van der Waals surface area contributed by atoms with Crippen molar-refractivity contribution >= 4 is 39.3 Å². The van der Waals surface area contributed by atoms with Gasteiger partial charge < -0.3 is 45.6 Å². The molecule has 0 spiro atoms. The van der Waals surface area contributed by atoms with Crippen molar-refractivity contribution in [1.82, 2.24) is 25.2 Å². The Morgan fingerprint density at radius 2 is 1.54 bits per heavy atom. The lowest BCUT2D eigenvalue weighted by Crippen LogP contribution is -2.47. The molecule has 6 N–H and O–H groups in total. The zero-order chi connectivity index (χ0) is 37.8. The molecule has 3 aromatic rings. The van der Waals surface area contributed by atoms with E-state index in [2.05, 4.69) is 50.2 Å². The highest BCUT2D eigenvalue weighted by Crippen LogP contribution is 2.30. The summed E-state index contributed by atoms with van der Waals surface area (Å²) in [5.74, 6) is 2.00. The van der Waals surface area contributed by atoms with Gasteiger partial charge in [-0.15, -0.1) is 0 Å². The zero-order valence-corrected chi connectivity index (χ0v) is 33.0. The molecule has 1 aliphatic heterocycles. The van der Waals surface area contributed by atoms with Crippen molar-refractivity contribution in [3.63, 3.8) is 0 Å². The van der Waals surface area contributed by atoms with Crippen molar-refractivity contribution in [2.75, 3.05) is 103 Å². The number of hydrogen-bond donors (Lipinski definition) is 4. The molecule has 13 heteroatoms. The molecule has 5 rings (SSSR count). The molecular formula is C41H68N8O5. The van der Waals surface area contributed by atoms with Crippen molar-refractivity contribution in [2.24, 2.45) is 11.7 Å². The van der Waals surface area contributed by atoms with E-state index in [9.17, 15) is 4.79 Å². The number of carbonyl (C=O) groups is 1. The standard InChI is InChI=1S/C41H68N8O5/c1-2-3-12-37-46-39-35-30-34(13-14-36(35)45-41(43)40(39)47-37)49-18-16-48(17-19-49)20-22-52-24-26-54-28-27-53-25-23-51-21-15-38(50)44-31-32-10-8-6-4-5-7-9-11-33(42)29-32/h13-14,30,32-33H,2-12,15-29,31,42H2,1H3,(H2,43,45)(H,44,50)(H,46,47). The van der Waals surface area contributed by atoms with E-state index >= 15 is 0 Å². The quantitative estimate of drug-likeness (QED) is 0.106. The highest BCUT2D eigenvalue weighted by molar-refractivity contribution is 6.07. The van der Waals surface area contributed by atoms with Gasteiger partial charge in [-0.05, 0) is 49.8 Å². The summed E-state index contributed by atoms with van der Waals surface area (Å²) in [5.41, 5.74) is 16.5. The number of unbranched alkanes of at least 4 members (excludes halogenated alkanes) is 1. The number of imidazole rings is 1. The van der Waals surface area contributed by atoms with Gasteiger partial charge in [-0.25, -0.2) is 9.97 Å². The molecule has 1 saturated carbocycles. The second-order valence-corrected chi connectivity index (χ2v) is 15.1. The number of aryl methyl sites for hydroxylation is 1. The summed E-state index contributed by atoms with van der Waals surface area (Å²) in [5, 5.41) is 4.16. The Kier molecular flexibility index (Phi) is 18.5. The number of benzene rings is 1. The Labute approximate surface area is 322 Å². The molecule has 54 heavy (non-hydrogen) atoms. The first kappa shape index (κ1) is 42.1. The van der Waals surface area contributed by atoms with E-state index in [4.69, 9.17) is 35.4 Å². The maximum atomic E-state index is 12.3. The van der Waals surface area contributed by atoms with Crippen LogP contribution in [0.4, 0.5) is 11.5 Å². The van der Waals surface area contributed by atoms with Gasteiger partial charge in [0.05, 0.1) is 58.4 Å². The van der Waals surface area contributed by atoms with Crippen LogP contribution in [-0.4, -0.2) is 124 Å². The molecule has 1 amide bonds. The van der Waals surface area contributed by atoms with Crippen LogP contribution in [0, 0.1) is 5.92 Å². The predicted octanol–water partition coefficient (Wildman–Crippen LogP) is 5.20. The third-order valence-electron chi connectivity index (χ3n) is 10.8. The second-order valence-electron chi connectivity index (χ2n) is 15.1. The van der Waals surface area contributed by atoms with Crippen molar-refractivity contribution in [1.29, 1.82) is 0 Å². The summed E-state index contributed by atoms with van der Waals surface area (Å²) in [6, 6.07) is 6.67. The summed E-state index contributed by atoms with van der Waals surface area (Å²) < 4.78 is 22.7. The third-order valence-corrected chi connectivity index (χ3v) is 10.8. The van der Waals surface area contributed by atoms with Crippen LogP contribution in [0.1, 0.15) is 89.8 Å². The average Bonchev–Trinajstić information content (AvgIpc) is 3.61. The Morgan fingerprint density at radius 3 is 2.26 bits per heavy atom. The molecule has 2 unspecified atom stereocenters. The zero-order valence-electron chi connectivity index (χ0n) is 33.0. The van der Waals surface area contributed by atoms with E-state index in [-0.39, 0.29) is 11.9 Å². The highest BCUT2D eigenvalue weighted by atomic mass is 16.6. The number of nitrogens with two attached hydrogens (primary N) is 2. The summed E-state index contributed by atoms with van der Waals surface area (Å²) in [6.07, 6.45) is 14.4. The van der Waals surface area contributed by atoms with Gasteiger partial charge in [0, 0.05) is 69.2 Å². The second kappa shape index (κ2) is 23.8. The highest BCUT2D eigenvalue weighted by Gasteiger charge is 2.19. The van der Waals surface area contributed by atoms with Gasteiger partial charge in [-0.2, -0.15) is 0 Å². The van der Waals surface area contributed by atoms with E-state index in [0.29, 0.717) is 71.0 Å². The number of fused-ring (bicyclic) bond motifs is 3. The first-order valence-corrected chi connectivity index (χ1v) is 20.9. The van der Waals surface area contributed by atoms with Crippen molar-refractivity contribution < 1.29 is 23.7 Å². The number of aromatic amines is 1. The van der Waals surface area contributed by atoms with Crippen molar-refractivity contribution in [3.05, 3.63) is 24.0 Å². The lowest BCUT2D eigenvalue weighted by atomic mass is 9.92. The number of nitrogen functional groups attached to an aromatic ring is 1. The molecule has 13 nitrogen and oxygen atoms in total. The summed E-state index contributed by atoms with van der Waals surface area (Å²) in [7, 11) is 0. The van der Waals surface area contributed by atoms with Crippen LogP contribution in [0.2, 0.25) is 0 Å². The average molecular weight is 753 g/mol. The largest absolute Gasteiger partial charge is 0.382 e. The van der Waals surface area contributed by atoms with Gasteiger partial charge >= 0.3 is 0 Å². The number of anilines is 2. The molecule has 1 aromatic carbocycles. The van der Waals surface area contributed by atoms with E-state index in [0.717, 1.165) is 106 Å². The minimum atomic E-state index is 0.0478.